The summed E-state index contributed by atoms with van der Waals surface area (Å²) in [5.74, 6) is -0.755. The molecule has 0 bridgehead atoms. The highest BCUT2D eigenvalue weighted by Crippen LogP contribution is 2.35. The Bertz CT molecular complexity index is 1580. The standard InChI is InChI=1S/C26H22ClN3O4S/c1-4-29-18-9-7-6-8-17(18)20(23(29)31)22-24(32)30-21(15-10-12-16(27)13-11-15)19(25(33)34-5-2)14(3)28-26(30)35-22/h6-13,21H,4-5H2,1-3H3/t21-/m1/s1. The number of carbonyl (C=O) groups is 2. The molecule has 7 nitrogen and oxygen atoms in total. The highest BCUT2D eigenvalue weighted by molar-refractivity contribution is 7.07. The predicted octanol–water partition coefficient (Wildman–Crippen LogP) is 3.19. The zero-order chi connectivity index (χ0) is 24.9. The Morgan fingerprint density at radius 2 is 1.83 bits per heavy atom. The van der Waals surface area contributed by atoms with Crippen LogP contribution in [0.5, 0.6) is 0 Å². The van der Waals surface area contributed by atoms with Gasteiger partial charge in [0.25, 0.3) is 11.5 Å². The van der Waals surface area contributed by atoms with Crippen LogP contribution >= 0.6 is 22.9 Å². The Kier molecular flexibility index (Phi) is 5.94. The molecule has 0 radical (unpaired) electrons. The molecule has 0 saturated carbocycles. The van der Waals surface area contributed by atoms with E-state index in [1.807, 2.05) is 31.2 Å². The Hall–Kier alpha value is -3.49. The summed E-state index contributed by atoms with van der Waals surface area (Å²) >= 11 is 7.27. The van der Waals surface area contributed by atoms with E-state index in [2.05, 4.69) is 4.99 Å². The topological polar surface area (TPSA) is 81.0 Å². The maximum Gasteiger partial charge on any atom is 0.338 e. The number of anilines is 1. The van der Waals surface area contributed by atoms with Gasteiger partial charge in [-0.3, -0.25) is 14.2 Å². The van der Waals surface area contributed by atoms with Crippen LogP contribution in [-0.2, 0) is 14.3 Å². The molecular weight excluding hydrogens is 486 g/mol. The predicted molar refractivity (Wildman–Crippen MR) is 135 cm³/mol. The Morgan fingerprint density at radius 1 is 1.11 bits per heavy atom. The Balaban J connectivity index is 1.83. The zero-order valence-corrected chi connectivity index (χ0v) is 20.9. The summed E-state index contributed by atoms with van der Waals surface area (Å²) < 4.78 is 7.11. The van der Waals surface area contributed by atoms with Crippen LogP contribution < -0.4 is 19.8 Å². The van der Waals surface area contributed by atoms with Gasteiger partial charge in [0.1, 0.15) is 4.53 Å². The van der Waals surface area contributed by atoms with Crippen molar-refractivity contribution in [3.05, 3.63) is 95.6 Å². The third kappa shape index (κ3) is 3.64. The van der Waals surface area contributed by atoms with Crippen molar-refractivity contribution >= 4 is 46.1 Å². The van der Waals surface area contributed by atoms with Crippen molar-refractivity contribution in [3.63, 3.8) is 0 Å². The van der Waals surface area contributed by atoms with E-state index < -0.39 is 12.0 Å². The lowest BCUT2D eigenvalue weighted by Gasteiger charge is -2.24. The number of esters is 1. The van der Waals surface area contributed by atoms with E-state index in [0.29, 0.717) is 43.3 Å². The summed E-state index contributed by atoms with van der Waals surface area (Å²) in [5.41, 5.74) is 2.92. The minimum Gasteiger partial charge on any atom is -0.463 e. The number of thiazole rings is 1. The van der Waals surface area contributed by atoms with Crippen molar-refractivity contribution in [1.82, 2.24) is 4.57 Å². The van der Waals surface area contributed by atoms with Crippen LogP contribution in [0.1, 0.15) is 37.9 Å². The van der Waals surface area contributed by atoms with Gasteiger partial charge in [0.05, 0.1) is 35.2 Å². The van der Waals surface area contributed by atoms with E-state index in [4.69, 9.17) is 16.3 Å². The number of nitrogens with zero attached hydrogens (tertiary/aromatic N) is 3. The second-order valence-electron chi connectivity index (χ2n) is 8.12. The Morgan fingerprint density at radius 3 is 2.51 bits per heavy atom. The first-order chi connectivity index (χ1) is 16.9. The molecular formula is C26H22ClN3O4S. The van der Waals surface area contributed by atoms with E-state index in [1.165, 1.54) is 4.57 Å². The van der Waals surface area contributed by atoms with E-state index in [0.717, 1.165) is 17.0 Å². The zero-order valence-electron chi connectivity index (χ0n) is 19.4. The van der Waals surface area contributed by atoms with Crippen LogP contribution in [0, 0.1) is 0 Å². The number of fused-ring (bicyclic) bond motifs is 2. The van der Waals surface area contributed by atoms with E-state index in [1.54, 1.807) is 43.0 Å². The number of ether oxygens (including phenoxy) is 1. The van der Waals surface area contributed by atoms with Crippen LogP contribution in [0.4, 0.5) is 5.69 Å². The maximum atomic E-state index is 14.0. The fraction of sp³-hybridized carbons (Fsp3) is 0.231. The molecule has 178 valence electrons. The second kappa shape index (κ2) is 8.94. The number of benzene rings is 2. The highest BCUT2D eigenvalue weighted by atomic mass is 35.5. The fourth-order valence-corrected chi connectivity index (χ4v) is 5.88. The van der Waals surface area contributed by atoms with Crippen molar-refractivity contribution in [3.8, 4) is 0 Å². The molecule has 2 aliphatic rings. The fourth-order valence-electron chi connectivity index (χ4n) is 4.62. The summed E-state index contributed by atoms with van der Waals surface area (Å²) in [6, 6.07) is 13.7. The van der Waals surface area contributed by atoms with Crippen LogP contribution in [0.25, 0.3) is 5.57 Å². The number of carbonyl (C=O) groups excluding carboxylic acids is 2. The third-order valence-electron chi connectivity index (χ3n) is 6.14. The van der Waals surface area contributed by atoms with E-state index in [9.17, 15) is 14.4 Å². The molecule has 1 aromatic heterocycles. The highest BCUT2D eigenvalue weighted by Gasteiger charge is 2.36. The lowest BCUT2D eigenvalue weighted by atomic mass is 9.96. The minimum atomic E-state index is -0.758. The lowest BCUT2D eigenvalue weighted by molar-refractivity contribution is -0.139. The second-order valence-corrected chi connectivity index (χ2v) is 9.53. The van der Waals surface area contributed by atoms with Gasteiger partial charge in [0.15, 0.2) is 4.80 Å². The normalized spacial score (nSPS) is 18.3. The Labute approximate surface area is 210 Å². The molecule has 3 aromatic rings. The van der Waals surface area contributed by atoms with Crippen molar-refractivity contribution in [2.24, 2.45) is 4.99 Å². The van der Waals surface area contributed by atoms with Crippen molar-refractivity contribution in [1.29, 1.82) is 0 Å². The molecule has 0 aliphatic carbocycles. The molecule has 35 heavy (non-hydrogen) atoms. The first-order valence-electron chi connectivity index (χ1n) is 11.3. The molecule has 0 spiro atoms. The number of likely N-dealkylation sites (N-methyl/N-ethyl adjacent to an activating group) is 1. The van der Waals surface area contributed by atoms with Crippen LogP contribution in [-0.4, -0.2) is 29.6 Å². The number of halogens is 1. The molecule has 1 amide bonds. The number of amides is 1. The van der Waals surface area contributed by atoms with E-state index in [-0.39, 0.29) is 23.6 Å². The molecule has 2 aromatic carbocycles. The number of hydrogen-bond acceptors (Lipinski definition) is 6. The van der Waals surface area contributed by atoms with Gasteiger partial charge in [-0.1, -0.05) is 53.3 Å². The molecule has 0 N–H and O–H groups in total. The summed E-state index contributed by atoms with van der Waals surface area (Å²) in [4.78, 5) is 47.0. The number of rotatable bonds is 4. The van der Waals surface area contributed by atoms with Gasteiger partial charge in [0.2, 0.25) is 0 Å². The molecule has 2 aliphatic heterocycles. The quantitative estimate of drug-likeness (QED) is 0.508. The van der Waals surface area contributed by atoms with Crippen LogP contribution in [0.2, 0.25) is 5.02 Å². The molecule has 0 unspecified atom stereocenters. The van der Waals surface area contributed by atoms with Crippen molar-refractivity contribution in [2.75, 3.05) is 18.1 Å². The van der Waals surface area contributed by atoms with Crippen LogP contribution in [0.15, 0.2) is 69.6 Å². The first kappa shape index (κ1) is 23.3. The summed E-state index contributed by atoms with van der Waals surface area (Å²) in [5, 5.41) is 0.537. The molecule has 3 heterocycles. The SMILES string of the molecule is CCOC(=O)C1=C(C)N=c2sc(=C3C(=O)N(CC)c4ccccc43)c(=O)n2[C@@H]1c1ccc(Cl)cc1. The monoisotopic (exact) mass is 507 g/mol. The largest absolute Gasteiger partial charge is 0.463 e. The molecule has 9 heteroatoms. The van der Waals surface area contributed by atoms with Crippen LogP contribution in [0.3, 0.4) is 0 Å². The van der Waals surface area contributed by atoms with Gasteiger partial charge in [-0.05, 0) is 44.5 Å². The minimum absolute atomic E-state index is 0.190. The molecule has 5 rings (SSSR count). The number of allylic oxidation sites excluding steroid dienone is 1. The van der Waals surface area contributed by atoms with Crippen molar-refractivity contribution in [2.45, 2.75) is 26.8 Å². The van der Waals surface area contributed by atoms with Gasteiger partial charge in [-0.15, -0.1) is 0 Å². The third-order valence-corrected chi connectivity index (χ3v) is 7.45. The number of para-hydroxylation sites is 1. The summed E-state index contributed by atoms with van der Waals surface area (Å²) in [7, 11) is 0. The smallest absolute Gasteiger partial charge is 0.338 e. The number of aromatic nitrogens is 1. The van der Waals surface area contributed by atoms with Gasteiger partial charge in [0, 0.05) is 17.1 Å². The average molecular weight is 508 g/mol. The van der Waals surface area contributed by atoms with Gasteiger partial charge in [-0.2, -0.15) is 0 Å². The van der Waals surface area contributed by atoms with Gasteiger partial charge >= 0.3 is 5.97 Å². The molecule has 0 saturated heterocycles. The van der Waals surface area contributed by atoms with Gasteiger partial charge < -0.3 is 9.64 Å². The maximum absolute atomic E-state index is 14.0. The summed E-state index contributed by atoms with van der Waals surface area (Å²) in [6.07, 6.45) is 0. The number of hydrogen-bond donors (Lipinski definition) is 0. The van der Waals surface area contributed by atoms with Gasteiger partial charge in [-0.25, -0.2) is 9.79 Å². The lowest BCUT2D eigenvalue weighted by Crippen LogP contribution is -2.41. The van der Waals surface area contributed by atoms with Crippen molar-refractivity contribution < 1.29 is 14.3 Å². The molecule has 1 atom stereocenters. The average Bonchev–Trinajstić information content (AvgIpc) is 3.31. The molecule has 0 fully saturated rings. The summed E-state index contributed by atoms with van der Waals surface area (Å²) in [6.45, 7) is 6.02. The first-order valence-corrected chi connectivity index (χ1v) is 12.5. The van der Waals surface area contributed by atoms with E-state index >= 15 is 0 Å².